The molecule has 5 heteroatoms. The summed E-state index contributed by atoms with van der Waals surface area (Å²) in [5.74, 6) is 2.31. The summed E-state index contributed by atoms with van der Waals surface area (Å²) >= 11 is 1.53. The topological polar surface area (TPSA) is 56.7 Å². The number of hydrogen-bond acceptors (Lipinski definition) is 4. The van der Waals surface area contributed by atoms with Crippen LogP contribution in [0.4, 0.5) is 5.00 Å². The molecule has 0 saturated carbocycles. The number of aryl methyl sites for hydroxylation is 1. The fourth-order valence-corrected chi connectivity index (χ4v) is 2.27. The smallest absolute Gasteiger partial charge is 0.161 e. The SMILES string of the molecule is CC(C)Cc1nc(-c2ccsc2N)n(C)n1. The lowest BCUT2D eigenvalue weighted by Crippen LogP contribution is -1.98. The molecule has 2 N–H and O–H groups in total. The predicted molar refractivity (Wildman–Crippen MR) is 67.3 cm³/mol. The van der Waals surface area contributed by atoms with Crippen LogP contribution in [0.5, 0.6) is 0 Å². The first kappa shape index (κ1) is 11.1. The van der Waals surface area contributed by atoms with E-state index in [1.54, 1.807) is 4.68 Å². The van der Waals surface area contributed by atoms with Gasteiger partial charge in [0.25, 0.3) is 0 Å². The van der Waals surface area contributed by atoms with Crippen LogP contribution in [0.25, 0.3) is 11.4 Å². The standard InChI is InChI=1S/C11H16N4S/c1-7(2)6-9-13-11(15(3)14-9)8-4-5-16-10(8)12/h4-5,7H,6,12H2,1-3H3. The number of anilines is 1. The Labute approximate surface area is 99.1 Å². The molecule has 2 aromatic rings. The molecule has 0 spiro atoms. The van der Waals surface area contributed by atoms with Crippen molar-refractivity contribution in [2.75, 3.05) is 5.73 Å². The Morgan fingerprint density at radius 1 is 1.50 bits per heavy atom. The van der Waals surface area contributed by atoms with Crippen molar-refractivity contribution in [3.05, 3.63) is 17.3 Å². The number of rotatable bonds is 3. The molecule has 4 nitrogen and oxygen atoms in total. The van der Waals surface area contributed by atoms with Gasteiger partial charge in [0, 0.05) is 13.5 Å². The van der Waals surface area contributed by atoms with Crippen LogP contribution in [-0.2, 0) is 13.5 Å². The fraction of sp³-hybridized carbons (Fsp3) is 0.455. The summed E-state index contributed by atoms with van der Waals surface area (Å²) in [6.45, 7) is 4.32. The molecule has 0 atom stereocenters. The molecule has 0 unspecified atom stereocenters. The Balaban J connectivity index is 2.36. The Bertz CT molecular complexity index is 484. The van der Waals surface area contributed by atoms with Gasteiger partial charge in [0.05, 0.1) is 10.6 Å². The van der Waals surface area contributed by atoms with E-state index < -0.39 is 0 Å². The molecular weight excluding hydrogens is 220 g/mol. The average Bonchev–Trinajstić information content (AvgIpc) is 2.71. The van der Waals surface area contributed by atoms with Gasteiger partial charge >= 0.3 is 0 Å². The fourth-order valence-electron chi connectivity index (χ4n) is 1.63. The monoisotopic (exact) mass is 236 g/mol. The summed E-state index contributed by atoms with van der Waals surface area (Å²) in [5.41, 5.74) is 6.87. The minimum Gasteiger partial charge on any atom is -0.390 e. The van der Waals surface area contributed by atoms with E-state index >= 15 is 0 Å². The number of aromatic nitrogens is 3. The van der Waals surface area contributed by atoms with Crippen molar-refractivity contribution in [1.29, 1.82) is 0 Å². The van der Waals surface area contributed by atoms with Gasteiger partial charge in [0.15, 0.2) is 11.6 Å². The molecule has 0 aliphatic heterocycles. The maximum atomic E-state index is 5.89. The number of hydrogen-bond donors (Lipinski definition) is 1. The number of nitrogens with zero attached hydrogens (tertiary/aromatic N) is 3. The zero-order valence-electron chi connectivity index (χ0n) is 9.77. The zero-order chi connectivity index (χ0) is 11.7. The molecule has 0 amide bonds. The van der Waals surface area contributed by atoms with Crippen LogP contribution in [0.1, 0.15) is 19.7 Å². The van der Waals surface area contributed by atoms with E-state index in [1.165, 1.54) is 11.3 Å². The highest BCUT2D eigenvalue weighted by molar-refractivity contribution is 7.14. The first-order chi connectivity index (χ1) is 7.58. The lowest BCUT2D eigenvalue weighted by Gasteiger charge is -1.97. The number of thiophene rings is 1. The second-order valence-corrected chi connectivity index (χ2v) is 5.22. The molecule has 86 valence electrons. The Kier molecular flexibility index (Phi) is 2.96. The van der Waals surface area contributed by atoms with Gasteiger partial charge in [-0.1, -0.05) is 13.8 Å². The van der Waals surface area contributed by atoms with Gasteiger partial charge in [-0.2, -0.15) is 5.10 Å². The molecule has 2 heterocycles. The van der Waals surface area contributed by atoms with Gasteiger partial charge in [-0.3, -0.25) is 0 Å². The maximum absolute atomic E-state index is 5.89. The number of nitrogen functional groups attached to an aromatic ring is 1. The lowest BCUT2D eigenvalue weighted by molar-refractivity contribution is 0.613. The average molecular weight is 236 g/mol. The molecule has 0 aromatic carbocycles. The van der Waals surface area contributed by atoms with Crippen LogP contribution in [0.3, 0.4) is 0 Å². The summed E-state index contributed by atoms with van der Waals surface area (Å²) in [4.78, 5) is 4.53. The number of nitrogens with two attached hydrogens (primary N) is 1. The van der Waals surface area contributed by atoms with Crippen LogP contribution in [0.15, 0.2) is 11.4 Å². The molecule has 0 fully saturated rings. The van der Waals surface area contributed by atoms with Crippen LogP contribution < -0.4 is 5.73 Å². The Morgan fingerprint density at radius 3 is 2.81 bits per heavy atom. The van der Waals surface area contributed by atoms with Crippen molar-refractivity contribution in [2.45, 2.75) is 20.3 Å². The molecule has 16 heavy (non-hydrogen) atoms. The second kappa shape index (κ2) is 4.25. The molecule has 0 aliphatic carbocycles. The Morgan fingerprint density at radius 2 is 2.25 bits per heavy atom. The van der Waals surface area contributed by atoms with E-state index in [-0.39, 0.29) is 0 Å². The van der Waals surface area contributed by atoms with E-state index in [0.29, 0.717) is 5.92 Å². The molecule has 2 aromatic heterocycles. The predicted octanol–water partition coefficient (Wildman–Crippen LogP) is 2.32. The summed E-state index contributed by atoms with van der Waals surface area (Å²) in [6, 6.07) is 1.99. The van der Waals surface area contributed by atoms with Crippen molar-refractivity contribution in [3.63, 3.8) is 0 Å². The van der Waals surface area contributed by atoms with Gasteiger partial charge in [-0.25, -0.2) is 9.67 Å². The lowest BCUT2D eigenvalue weighted by atomic mass is 10.1. The molecule has 0 saturated heterocycles. The van der Waals surface area contributed by atoms with Crippen molar-refractivity contribution in [2.24, 2.45) is 13.0 Å². The first-order valence-electron chi connectivity index (χ1n) is 5.31. The third kappa shape index (κ3) is 2.09. The highest BCUT2D eigenvalue weighted by Crippen LogP contribution is 2.28. The van der Waals surface area contributed by atoms with E-state index in [4.69, 9.17) is 5.73 Å². The van der Waals surface area contributed by atoms with Crippen molar-refractivity contribution < 1.29 is 0 Å². The molecule has 0 radical (unpaired) electrons. The third-order valence-corrected chi connectivity index (χ3v) is 3.08. The minimum atomic E-state index is 0.565. The largest absolute Gasteiger partial charge is 0.390 e. The quantitative estimate of drug-likeness (QED) is 0.889. The summed E-state index contributed by atoms with van der Waals surface area (Å²) in [6.07, 6.45) is 0.901. The van der Waals surface area contributed by atoms with Gasteiger partial charge in [-0.05, 0) is 17.4 Å². The molecule has 2 rings (SSSR count). The van der Waals surface area contributed by atoms with E-state index in [1.807, 2.05) is 18.5 Å². The van der Waals surface area contributed by atoms with E-state index in [2.05, 4.69) is 23.9 Å². The zero-order valence-corrected chi connectivity index (χ0v) is 10.6. The molecule has 0 aliphatic rings. The van der Waals surface area contributed by atoms with Crippen molar-refractivity contribution in [1.82, 2.24) is 14.8 Å². The first-order valence-corrected chi connectivity index (χ1v) is 6.19. The highest BCUT2D eigenvalue weighted by atomic mass is 32.1. The molecular formula is C11H16N4S. The van der Waals surface area contributed by atoms with Crippen LogP contribution in [0, 0.1) is 5.92 Å². The van der Waals surface area contributed by atoms with Gasteiger partial charge in [0.2, 0.25) is 0 Å². The van der Waals surface area contributed by atoms with Crippen molar-refractivity contribution >= 4 is 16.3 Å². The summed E-state index contributed by atoms with van der Waals surface area (Å²) in [5, 5.41) is 7.17. The van der Waals surface area contributed by atoms with Crippen LogP contribution in [-0.4, -0.2) is 14.8 Å². The van der Waals surface area contributed by atoms with Gasteiger partial charge in [-0.15, -0.1) is 11.3 Å². The van der Waals surface area contributed by atoms with E-state index in [0.717, 1.165) is 28.6 Å². The normalized spacial score (nSPS) is 11.2. The summed E-state index contributed by atoms with van der Waals surface area (Å²) < 4.78 is 1.80. The van der Waals surface area contributed by atoms with Gasteiger partial charge < -0.3 is 5.73 Å². The second-order valence-electron chi connectivity index (χ2n) is 4.27. The molecule has 0 bridgehead atoms. The third-order valence-electron chi connectivity index (χ3n) is 2.33. The minimum absolute atomic E-state index is 0.565. The van der Waals surface area contributed by atoms with Gasteiger partial charge in [0.1, 0.15) is 0 Å². The maximum Gasteiger partial charge on any atom is 0.161 e. The van der Waals surface area contributed by atoms with Crippen LogP contribution in [0.2, 0.25) is 0 Å². The Hall–Kier alpha value is -1.36. The van der Waals surface area contributed by atoms with E-state index in [9.17, 15) is 0 Å². The summed E-state index contributed by atoms with van der Waals surface area (Å²) in [7, 11) is 1.91. The van der Waals surface area contributed by atoms with Crippen molar-refractivity contribution in [3.8, 4) is 11.4 Å². The van der Waals surface area contributed by atoms with Crippen LogP contribution >= 0.6 is 11.3 Å². The highest BCUT2D eigenvalue weighted by Gasteiger charge is 2.13.